The number of nitrogens with zero attached hydrogens (tertiary/aromatic N) is 5. The Morgan fingerprint density at radius 3 is 2.87 bits per heavy atom. The minimum Gasteiger partial charge on any atom is -0.340 e. The highest BCUT2D eigenvalue weighted by atomic mass is 16.6. The van der Waals surface area contributed by atoms with E-state index in [2.05, 4.69) is 10.1 Å². The van der Waals surface area contributed by atoms with Gasteiger partial charge in [-0.1, -0.05) is 0 Å². The molecule has 8 heteroatoms. The molecule has 120 valence electrons. The molecule has 0 spiro atoms. The number of hydrogen-bond acceptors (Lipinski definition) is 5. The number of amides is 1. The summed E-state index contributed by atoms with van der Waals surface area (Å²) in [5.41, 5.74) is 1.08. The van der Waals surface area contributed by atoms with Crippen LogP contribution in [-0.4, -0.2) is 43.6 Å². The van der Waals surface area contributed by atoms with Crippen LogP contribution in [-0.2, 0) is 11.3 Å². The number of carbonyl (C=O) groups is 1. The quantitative estimate of drug-likeness (QED) is 0.631. The van der Waals surface area contributed by atoms with Crippen LogP contribution >= 0.6 is 0 Å². The average molecular weight is 315 g/mol. The van der Waals surface area contributed by atoms with E-state index in [1.807, 2.05) is 17.0 Å². The van der Waals surface area contributed by atoms with E-state index in [0.29, 0.717) is 19.0 Å². The van der Waals surface area contributed by atoms with Crippen molar-refractivity contribution in [3.63, 3.8) is 0 Å². The van der Waals surface area contributed by atoms with Gasteiger partial charge < -0.3 is 4.90 Å². The second kappa shape index (κ2) is 6.55. The number of piperidine rings is 1. The van der Waals surface area contributed by atoms with Crippen molar-refractivity contribution in [1.82, 2.24) is 19.7 Å². The first-order valence-corrected chi connectivity index (χ1v) is 7.48. The molecule has 2 aromatic rings. The fraction of sp³-hybridized carbons (Fsp3) is 0.400. The molecule has 1 aliphatic heterocycles. The second-order valence-electron chi connectivity index (χ2n) is 5.61. The van der Waals surface area contributed by atoms with E-state index in [1.165, 1.54) is 16.4 Å². The highest BCUT2D eigenvalue weighted by Gasteiger charge is 2.25. The van der Waals surface area contributed by atoms with Crippen LogP contribution in [0.5, 0.6) is 0 Å². The third kappa shape index (κ3) is 3.53. The van der Waals surface area contributed by atoms with E-state index in [1.54, 1.807) is 12.4 Å². The van der Waals surface area contributed by atoms with Crippen molar-refractivity contribution in [3.8, 4) is 0 Å². The number of pyridine rings is 1. The Balaban J connectivity index is 1.63. The lowest BCUT2D eigenvalue weighted by molar-refractivity contribution is -0.385. The van der Waals surface area contributed by atoms with Gasteiger partial charge in [0.2, 0.25) is 5.91 Å². The van der Waals surface area contributed by atoms with Crippen LogP contribution in [0.25, 0.3) is 0 Å². The lowest BCUT2D eigenvalue weighted by Crippen LogP contribution is -2.40. The Morgan fingerprint density at radius 2 is 2.17 bits per heavy atom. The van der Waals surface area contributed by atoms with Gasteiger partial charge in [-0.3, -0.25) is 24.6 Å². The molecule has 3 heterocycles. The maximum absolute atomic E-state index is 12.4. The van der Waals surface area contributed by atoms with E-state index in [4.69, 9.17) is 0 Å². The third-order valence-electron chi connectivity index (χ3n) is 4.08. The Morgan fingerprint density at radius 1 is 1.39 bits per heavy atom. The minimum absolute atomic E-state index is 0.0247. The molecule has 0 N–H and O–H groups in total. The molecule has 0 radical (unpaired) electrons. The number of nitro groups is 1. The molecule has 8 nitrogen and oxygen atoms in total. The zero-order chi connectivity index (χ0) is 16.2. The van der Waals surface area contributed by atoms with Crippen LogP contribution in [0.1, 0.15) is 24.3 Å². The first-order valence-electron chi connectivity index (χ1n) is 7.48. The van der Waals surface area contributed by atoms with E-state index in [9.17, 15) is 14.9 Å². The van der Waals surface area contributed by atoms with Crippen molar-refractivity contribution in [2.24, 2.45) is 0 Å². The van der Waals surface area contributed by atoms with Crippen LogP contribution < -0.4 is 0 Å². The summed E-state index contributed by atoms with van der Waals surface area (Å²) in [6, 6.07) is 3.96. The molecule has 2 aromatic heterocycles. The number of carbonyl (C=O) groups excluding carboxylic acids is 1. The van der Waals surface area contributed by atoms with Gasteiger partial charge in [0.15, 0.2) is 0 Å². The summed E-state index contributed by atoms with van der Waals surface area (Å²) < 4.78 is 1.32. The first kappa shape index (κ1) is 15.1. The molecule has 1 fully saturated rings. The molecule has 3 rings (SSSR count). The molecule has 1 saturated heterocycles. The number of hydrogen-bond donors (Lipinski definition) is 0. The molecule has 0 aliphatic carbocycles. The van der Waals surface area contributed by atoms with Gasteiger partial charge in [0.05, 0.1) is 4.92 Å². The SMILES string of the molecule is O=C(Cn1cc([N+](=O)[O-])cn1)N1CCC[C@@H](c2ccncc2)C1. The second-order valence-corrected chi connectivity index (χ2v) is 5.61. The van der Waals surface area contributed by atoms with Gasteiger partial charge in [0, 0.05) is 31.4 Å². The molecule has 0 saturated carbocycles. The van der Waals surface area contributed by atoms with Crippen molar-refractivity contribution in [1.29, 1.82) is 0 Å². The summed E-state index contributed by atoms with van der Waals surface area (Å²) in [6.07, 6.45) is 7.95. The van der Waals surface area contributed by atoms with E-state index < -0.39 is 4.92 Å². The molecule has 1 aliphatic rings. The van der Waals surface area contributed by atoms with E-state index in [0.717, 1.165) is 19.0 Å². The molecule has 0 aromatic carbocycles. The molecular weight excluding hydrogens is 298 g/mol. The summed E-state index contributed by atoms with van der Waals surface area (Å²) in [6.45, 7) is 1.40. The number of rotatable bonds is 4. The van der Waals surface area contributed by atoms with Crippen molar-refractivity contribution in [3.05, 3.63) is 52.6 Å². The Kier molecular flexibility index (Phi) is 4.31. The molecule has 1 atom stereocenters. The lowest BCUT2D eigenvalue weighted by atomic mass is 9.91. The number of likely N-dealkylation sites (tertiary alicyclic amines) is 1. The Bertz CT molecular complexity index is 700. The normalized spacial score (nSPS) is 17.9. The first-order chi connectivity index (χ1) is 11.1. The van der Waals surface area contributed by atoms with Gasteiger partial charge in [-0.25, -0.2) is 0 Å². The van der Waals surface area contributed by atoms with Crippen LogP contribution in [0, 0.1) is 10.1 Å². The standard InChI is InChI=1S/C15H17N5O3/c21-15(11-19-10-14(8-17-19)20(22)23)18-7-1-2-13(9-18)12-3-5-16-6-4-12/h3-6,8,10,13H,1-2,7,9,11H2/t13-/m1/s1. The van der Waals surface area contributed by atoms with Gasteiger partial charge >= 0.3 is 5.69 Å². The zero-order valence-electron chi connectivity index (χ0n) is 12.5. The van der Waals surface area contributed by atoms with Crippen molar-refractivity contribution < 1.29 is 9.72 Å². The summed E-state index contributed by atoms with van der Waals surface area (Å²) >= 11 is 0. The van der Waals surface area contributed by atoms with E-state index >= 15 is 0 Å². The lowest BCUT2D eigenvalue weighted by Gasteiger charge is -2.33. The number of aromatic nitrogens is 3. The smallest absolute Gasteiger partial charge is 0.307 e. The average Bonchev–Trinajstić information content (AvgIpc) is 3.04. The maximum Gasteiger partial charge on any atom is 0.307 e. The fourth-order valence-electron chi connectivity index (χ4n) is 2.88. The van der Waals surface area contributed by atoms with Gasteiger partial charge in [-0.05, 0) is 30.5 Å². The predicted octanol–water partition coefficient (Wildman–Crippen LogP) is 1.59. The Hall–Kier alpha value is -2.77. The summed E-state index contributed by atoms with van der Waals surface area (Å²) in [5.74, 6) is 0.240. The van der Waals surface area contributed by atoms with Crippen LogP contribution in [0.15, 0.2) is 36.9 Å². The van der Waals surface area contributed by atoms with E-state index in [-0.39, 0.29) is 18.1 Å². The predicted molar refractivity (Wildman–Crippen MR) is 81.7 cm³/mol. The third-order valence-corrected chi connectivity index (χ3v) is 4.08. The van der Waals surface area contributed by atoms with Crippen molar-refractivity contribution in [2.45, 2.75) is 25.3 Å². The van der Waals surface area contributed by atoms with Crippen LogP contribution in [0.3, 0.4) is 0 Å². The topological polar surface area (TPSA) is 94.2 Å². The summed E-state index contributed by atoms with van der Waals surface area (Å²) in [7, 11) is 0. The van der Waals surface area contributed by atoms with Gasteiger partial charge in [0.25, 0.3) is 0 Å². The van der Waals surface area contributed by atoms with Crippen LogP contribution in [0.4, 0.5) is 5.69 Å². The van der Waals surface area contributed by atoms with Crippen molar-refractivity contribution in [2.75, 3.05) is 13.1 Å². The zero-order valence-corrected chi connectivity index (χ0v) is 12.5. The maximum atomic E-state index is 12.4. The Labute approximate surface area is 132 Å². The molecule has 0 unspecified atom stereocenters. The summed E-state index contributed by atoms with van der Waals surface area (Å²) in [5, 5.41) is 14.5. The van der Waals surface area contributed by atoms with Crippen molar-refractivity contribution >= 4 is 11.6 Å². The monoisotopic (exact) mass is 315 g/mol. The molecular formula is C15H17N5O3. The highest BCUT2D eigenvalue weighted by Crippen LogP contribution is 2.26. The molecule has 23 heavy (non-hydrogen) atoms. The van der Waals surface area contributed by atoms with Crippen LogP contribution in [0.2, 0.25) is 0 Å². The summed E-state index contributed by atoms with van der Waals surface area (Å²) in [4.78, 5) is 28.4. The van der Waals surface area contributed by atoms with Gasteiger partial charge in [-0.15, -0.1) is 0 Å². The minimum atomic E-state index is -0.520. The van der Waals surface area contributed by atoms with Gasteiger partial charge in [0.1, 0.15) is 18.9 Å². The van der Waals surface area contributed by atoms with Gasteiger partial charge in [-0.2, -0.15) is 5.10 Å². The fourth-order valence-corrected chi connectivity index (χ4v) is 2.88. The highest BCUT2D eigenvalue weighted by molar-refractivity contribution is 5.76. The molecule has 0 bridgehead atoms. The molecule has 1 amide bonds. The largest absolute Gasteiger partial charge is 0.340 e.